The highest BCUT2D eigenvalue weighted by atomic mass is 35.7. The summed E-state index contributed by atoms with van der Waals surface area (Å²) in [6.07, 6.45) is 4.87. The highest BCUT2D eigenvalue weighted by Crippen LogP contribution is 2.27. The zero-order chi connectivity index (χ0) is 7.98. The number of halogens is 2. The van der Waals surface area contributed by atoms with E-state index in [1.165, 1.54) is 25.7 Å². The molecule has 0 aliphatic heterocycles. The second-order valence-corrected chi connectivity index (χ2v) is 7.77. The van der Waals surface area contributed by atoms with Gasteiger partial charge in [-0.15, -0.1) is 0 Å². The summed E-state index contributed by atoms with van der Waals surface area (Å²) in [5, 5.41) is 0. The van der Waals surface area contributed by atoms with Crippen LogP contribution in [0.15, 0.2) is 0 Å². The maximum absolute atomic E-state index is 5.91. The molecule has 0 heterocycles. The van der Waals surface area contributed by atoms with Crippen molar-refractivity contribution >= 4 is 29.6 Å². The zero-order valence-corrected chi connectivity index (χ0v) is 9.41. The third kappa shape index (κ3) is 4.59. The van der Waals surface area contributed by atoms with Crippen LogP contribution >= 0.6 is 22.2 Å². The third-order valence-electron chi connectivity index (χ3n) is 1.68. The van der Waals surface area contributed by atoms with Crippen molar-refractivity contribution in [1.29, 1.82) is 0 Å². The van der Waals surface area contributed by atoms with Crippen molar-refractivity contribution in [1.82, 2.24) is 0 Å². The van der Waals surface area contributed by atoms with Crippen LogP contribution in [0, 0.1) is 0 Å². The van der Waals surface area contributed by atoms with Crippen molar-refractivity contribution in [2.24, 2.45) is 0 Å². The smallest absolute Gasteiger partial charge is 0.150 e. The minimum atomic E-state index is -1.38. The Labute approximate surface area is 74.9 Å². The topological polar surface area (TPSA) is 0 Å². The molecule has 0 saturated carbocycles. The van der Waals surface area contributed by atoms with Gasteiger partial charge in [-0.3, -0.25) is 0 Å². The number of hydrogen-bond donors (Lipinski definition) is 0. The van der Waals surface area contributed by atoms with E-state index in [4.69, 9.17) is 22.2 Å². The van der Waals surface area contributed by atoms with Crippen molar-refractivity contribution < 1.29 is 0 Å². The maximum atomic E-state index is 5.91. The van der Waals surface area contributed by atoms with Crippen molar-refractivity contribution in [3.63, 3.8) is 0 Å². The lowest BCUT2D eigenvalue weighted by atomic mass is 10.1. The first-order valence-corrected chi connectivity index (χ1v) is 8.16. The molecule has 0 aromatic rings. The predicted molar refractivity (Wildman–Crippen MR) is 52.4 cm³/mol. The minimum absolute atomic E-state index is 0.651. The molecule has 0 aromatic carbocycles. The summed E-state index contributed by atoms with van der Waals surface area (Å²) in [6, 6.07) is 0. The Morgan fingerprint density at radius 1 is 1.10 bits per heavy atom. The molecule has 10 heavy (non-hydrogen) atoms. The molecular weight excluding hydrogens is 183 g/mol. The molecular formula is C7H16Cl2Si. The largest absolute Gasteiger partial charge is 0.240 e. The normalized spacial score (nSPS) is 11.4. The van der Waals surface area contributed by atoms with Crippen LogP contribution in [-0.4, -0.2) is 7.42 Å². The predicted octanol–water partition coefficient (Wildman–Crippen LogP) is 3.65. The van der Waals surface area contributed by atoms with Gasteiger partial charge in [0.1, 0.15) is 0 Å². The lowest BCUT2D eigenvalue weighted by Crippen LogP contribution is -2.06. The van der Waals surface area contributed by atoms with Crippen molar-refractivity contribution in [3.05, 3.63) is 0 Å². The molecule has 0 spiro atoms. The van der Waals surface area contributed by atoms with E-state index in [0.717, 1.165) is 0 Å². The SMILES string of the molecule is CCCC(CCC)[SiH](Cl)Cl. The summed E-state index contributed by atoms with van der Waals surface area (Å²) in [6.45, 7) is 4.38. The van der Waals surface area contributed by atoms with Crippen molar-refractivity contribution in [2.45, 2.75) is 45.1 Å². The molecule has 0 aromatic heterocycles. The highest BCUT2D eigenvalue weighted by molar-refractivity contribution is 7.34. The third-order valence-corrected chi connectivity index (χ3v) is 5.19. The van der Waals surface area contributed by atoms with Gasteiger partial charge in [-0.25, -0.2) is 0 Å². The fourth-order valence-corrected chi connectivity index (χ4v) is 3.82. The van der Waals surface area contributed by atoms with Crippen LogP contribution in [0.3, 0.4) is 0 Å². The van der Waals surface area contributed by atoms with E-state index in [1.807, 2.05) is 0 Å². The summed E-state index contributed by atoms with van der Waals surface area (Å²) in [5.74, 6) is 0. The maximum Gasteiger partial charge on any atom is 0.240 e. The van der Waals surface area contributed by atoms with Gasteiger partial charge < -0.3 is 0 Å². The monoisotopic (exact) mass is 198 g/mol. The Hall–Kier alpha value is 0.797. The average molecular weight is 199 g/mol. The molecule has 0 aliphatic carbocycles. The molecule has 0 radical (unpaired) electrons. The second-order valence-electron chi connectivity index (χ2n) is 2.67. The fourth-order valence-electron chi connectivity index (χ4n) is 1.14. The van der Waals surface area contributed by atoms with Gasteiger partial charge in [0.05, 0.1) is 0 Å². The van der Waals surface area contributed by atoms with Gasteiger partial charge in [-0.05, 0) is 5.54 Å². The molecule has 0 aliphatic rings. The van der Waals surface area contributed by atoms with E-state index in [0.29, 0.717) is 5.54 Å². The Kier molecular flexibility index (Phi) is 7.02. The molecule has 0 fully saturated rings. The lowest BCUT2D eigenvalue weighted by Gasteiger charge is -2.13. The van der Waals surface area contributed by atoms with Crippen LogP contribution in [0.25, 0.3) is 0 Å². The summed E-state index contributed by atoms with van der Waals surface area (Å²) in [4.78, 5) is 0. The molecule has 0 atom stereocenters. The van der Waals surface area contributed by atoms with E-state index < -0.39 is 7.42 Å². The fraction of sp³-hybridized carbons (Fsp3) is 1.00. The van der Waals surface area contributed by atoms with Crippen LogP contribution in [-0.2, 0) is 0 Å². The van der Waals surface area contributed by atoms with Crippen LogP contribution in [0.1, 0.15) is 39.5 Å². The molecule has 3 heteroatoms. The van der Waals surface area contributed by atoms with Gasteiger partial charge in [0.2, 0.25) is 7.42 Å². The van der Waals surface area contributed by atoms with Gasteiger partial charge in [-0.2, -0.15) is 22.2 Å². The van der Waals surface area contributed by atoms with Crippen LogP contribution in [0.4, 0.5) is 0 Å². The molecule has 0 nitrogen and oxygen atoms in total. The molecule has 0 amide bonds. The lowest BCUT2D eigenvalue weighted by molar-refractivity contribution is 0.651. The Morgan fingerprint density at radius 2 is 1.50 bits per heavy atom. The molecule has 0 rings (SSSR count). The van der Waals surface area contributed by atoms with E-state index in [9.17, 15) is 0 Å². The van der Waals surface area contributed by atoms with E-state index >= 15 is 0 Å². The summed E-state index contributed by atoms with van der Waals surface area (Å²) < 4.78 is 0. The number of rotatable bonds is 5. The summed E-state index contributed by atoms with van der Waals surface area (Å²) in [5.41, 5.74) is 0.651. The first kappa shape index (κ1) is 10.8. The van der Waals surface area contributed by atoms with Crippen molar-refractivity contribution in [2.75, 3.05) is 0 Å². The Balaban J connectivity index is 3.50. The van der Waals surface area contributed by atoms with Gasteiger partial charge in [0, 0.05) is 0 Å². The van der Waals surface area contributed by atoms with E-state index in [-0.39, 0.29) is 0 Å². The van der Waals surface area contributed by atoms with E-state index in [2.05, 4.69) is 13.8 Å². The van der Waals surface area contributed by atoms with Gasteiger partial charge in [0.15, 0.2) is 0 Å². The quantitative estimate of drug-likeness (QED) is 0.468. The number of hydrogen-bond acceptors (Lipinski definition) is 0. The van der Waals surface area contributed by atoms with Crippen LogP contribution in [0.2, 0.25) is 5.54 Å². The second kappa shape index (κ2) is 6.50. The highest BCUT2D eigenvalue weighted by Gasteiger charge is 2.16. The average Bonchev–Trinajstić information content (AvgIpc) is 1.87. The summed E-state index contributed by atoms with van der Waals surface area (Å²) >= 11 is 11.8. The Morgan fingerprint density at radius 3 is 1.70 bits per heavy atom. The van der Waals surface area contributed by atoms with Crippen LogP contribution < -0.4 is 0 Å². The van der Waals surface area contributed by atoms with Crippen molar-refractivity contribution in [3.8, 4) is 0 Å². The first-order chi connectivity index (χ1) is 4.72. The van der Waals surface area contributed by atoms with Crippen LogP contribution in [0.5, 0.6) is 0 Å². The van der Waals surface area contributed by atoms with E-state index in [1.54, 1.807) is 0 Å². The van der Waals surface area contributed by atoms with Gasteiger partial charge in [-0.1, -0.05) is 39.5 Å². The molecule has 0 N–H and O–H groups in total. The molecule has 0 unspecified atom stereocenters. The minimum Gasteiger partial charge on any atom is -0.150 e. The van der Waals surface area contributed by atoms with Gasteiger partial charge >= 0.3 is 0 Å². The first-order valence-electron chi connectivity index (χ1n) is 4.00. The molecule has 0 bridgehead atoms. The zero-order valence-electron chi connectivity index (χ0n) is 6.74. The van der Waals surface area contributed by atoms with Gasteiger partial charge in [0.25, 0.3) is 0 Å². The molecule has 0 saturated heterocycles. The summed E-state index contributed by atoms with van der Waals surface area (Å²) in [7, 11) is -1.38. The Bertz CT molecular complexity index is 70.0. The standard InChI is InChI=1S/C7H16Cl2Si/c1-3-5-7(6-4-2)10(8)9/h7,10H,3-6H2,1-2H3. The molecule has 62 valence electrons.